The quantitative estimate of drug-likeness (QED) is 0.0568. The van der Waals surface area contributed by atoms with Crippen molar-refractivity contribution in [3.05, 3.63) is 215 Å². The molecule has 0 saturated carbocycles. The van der Waals surface area contributed by atoms with E-state index in [9.17, 15) is 33.9 Å². The van der Waals surface area contributed by atoms with Crippen LogP contribution in [-0.4, -0.2) is 103 Å². The number of ether oxygens (including phenoxy) is 8. The lowest BCUT2D eigenvalue weighted by Crippen LogP contribution is -2.56. The predicted octanol–water partition coefficient (Wildman–Crippen LogP) is 8.12. The largest absolute Gasteiger partial charge is 0.462 e. The summed E-state index contributed by atoms with van der Waals surface area (Å²) in [6.45, 7) is 2.26. The van der Waals surface area contributed by atoms with Crippen LogP contribution >= 0.6 is 0 Å². The molecule has 1 fully saturated rings. The lowest BCUT2D eigenvalue weighted by atomic mass is 9.93. The summed E-state index contributed by atoms with van der Waals surface area (Å²) in [7, 11) is 0. The highest BCUT2D eigenvalue weighted by Gasteiger charge is 2.48. The number of benzene rings is 6. The molecule has 0 bridgehead atoms. The van der Waals surface area contributed by atoms with Crippen molar-refractivity contribution < 1.29 is 71.8 Å². The first-order valence-corrected chi connectivity index (χ1v) is 22.9. The van der Waals surface area contributed by atoms with Gasteiger partial charge in [0.1, 0.15) is 18.8 Å². The third-order valence-electron chi connectivity index (χ3n) is 11.5. The van der Waals surface area contributed by atoms with Gasteiger partial charge in [0.15, 0.2) is 24.6 Å². The number of esters is 6. The van der Waals surface area contributed by atoms with Crippen molar-refractivity contribution in [1.82, 2.24) is 0 Å². The Morgan fingerprint density at radius 1 is 0.465 bits per heavy atom. The molecule has 1 aliphatic rings. The maximum Gasteiger partial charge on any atom is 0.338 e. The monoisotopic (exact) mass is 964 g/mol. The molecule has 15 heteroatoms. The first-order valence-electron chi connectivity index (χ1n) is 22.9. The molecule has 1 saturated heterocycles. The fourth-order valence-corrected chi connectivity index (χ4v) is 7.71. The number of hydrogen-bond donors (Lipinski definition) is 1. The molecule has 0 radical (unpaired) electrons. The molecule has 6 aromatic rings. The first-order chi connectivity index (χ1) is 34.4. The van der Waals surface area contributed by atoms with E-state index in [1.54, 1.807) is 140 Å². The van der Waals surface area contributed by atoms with Gasteiger partial charge in [-0.1, -0.05) is 116 Å². The van der Waals surface area contributed by atoms with E-state index in [0.717, 1.165) is 0 Å². The van der Waals surface area contributed by atoms with E-state index in [4.69, 9.17) is 37.9 Å². The molecule has 1 aliphatic heterocycles. The summed E-state index contributed by atoms with van der Waals surface area (Å²) in [5.74, 6) is -5.78. The normalized spacial score (nSPS) is 18.5. The van der Waals surface area contributed by atoms with Gasteiger partial charge in [0.2, 0.25) is 0 Å². The summed E-state index contributed by atoms with van der Waals surface area (Å²) in [5, 5.41) is 11.3. The maximum absolute atomic E-state index is 14.3. The van der Waals surface area contributed by atoms with Crippen LogP contribution in [0.5, 0.6) is 0 Å². The lowest BCUT2D eigenvalue weighted by molar-refractivity contribution is -0.270. The second-order valence-electron chi connectivity index (χ2n) is 16.6. The molecule has 6 aromatic carbocycles. The minimum Gasteiger partial charge on any atom is -0.462 e. The SMILES string of the molecule is C[C@H](COC(=O)c1ccccc1)[C@H](OC(=O)c1ccccc1)[C@H](OC(=O)c1ccccc1)[C@@H](OC(=O)c1ccccc1)[C@@H](C)O[C@H]1C[C@@H](OC(=O)c2ccccc2)[C@H](O)O[C@@H]1COC(=O)c1ccccc1. The van der Waals surface area contributed by atoms with Gasteiger partial charge in [-0.2, -0.15) is 0 Å². The Morgan fingerprint density at radius 3 is 1.24 bits per heavy atom. The van der Waals surface area contributed by atoms with Crippen molar-refractivity contribution in [2.24, 2.45) is 5.92 Å². The summed E-state index contributed by atoms with van der Waals surface area (Å²) in [6.07, 6.45) is -12.0. The van der Waals surface area contributed by atoms with E-state index < -0.39 is 97.4 Å². The Morgan fingerprint density at radius 2 is 0.817 bits per heavy atom. The van der Waals surface area contributed by atoms with Gasteiger partial charge in [0.25, 0.3) is 0 Å². The number of carbonyl (C=O) groups is 6. The summed E-state index contributed by atoms with van der Waals surface area (Å²) < 4.78 is 48.8. The van der Waals surface area contributed by atoms with Gasteiger partial charge in [-0.05, 0) is 79.7 Å². The van der Waals surface area contributed by atoms with Crippen molar-refractivity contribution in [3.63, 3.8) is 0 Å². The van der Waals surface area contributed by atoms with Gasteiger partial charge in [0.05, 0.1) is 52.2 Å². The number of hydrogen-bond acceptors (Lipinski definition) is 15. The van der Waals surface area contributed by atoms with Crippen LogP contribution in [0.25, 0.3) is 0 Å². The van der Waals surface area contributed by atoms with Gasteiger partial charge >= 0.3 is 35.8 Å². The molecule has 1 heterocycles. The van der Waals surface area contributed by atoms with Gasteiger partial charge < -0.3 is 43.0 Å². The fraction of sp³-hybridized carbons (Fsp3) is 0.250. The third kappa shape index (κ3) is 14.1. The van der Waals surface area contributed by atoms with Crippen LogP contribution in [0, 0.1) is 5.92 Å². The Balaban J connectivity index is 1.28. The summed E-state index contributed by atoms with van der Waals surface area (Å²) >= 11 is 0. The fourth-order valence-electron chi connectivity index (χ4n) is 7.71. The number of rotatable bonds is 20. The minimum absolute atomic E-state index is 0.0912. The average molecular weight is 965 g/mol. The first kappa shape index (κ1) is 50.9. The summed E-state index contributed by atoms with van der Waals surface area (Å²) in [4.78, 5) is 82.6. The lowest BCUT2D eigenvalue weighted by Gasteiger charge is -2.42. The van der Waals surface area contributed by atoms with Crippen LogP contribution in [0.3, 0.4) is 0 Å². The molecule has 0 aliphatic carbocycles. The van der Waals surface area contributed by atoms with Crippen LogP contribution in [0.1, 0.15) is 82.4 Å². The van der Waals surface area contributed by atoms with E-state index >= 15 is 0 Å². The zero-order valence-corrected chi connectivity index (χ0v) is 38.8. The van der Waals surface area contributed by atoms with Crippen molar-refractivity contribution in [1.29, 1.82) is 0 Å². The van der Waals surface area contributed by atoms with Crippen molar-refractivity contribution in [3.8, 4) is 0 Å². The Bertz CT molecular complexity index is 2670. The Labute approximate surface area is 410 Å². The molecule has 9 atom stereocenters. The topological polar surface area (TPSA) is 196 Å². The zero-order valence-electron chi connectivity index (χ0n) is 38.8. The molecular formula is C56H52O15. The van der Waals surface area contributed by atoms with Crippen molar-refractivity contribution in [2.45, 2.75) is 69.3 Å². The molecule has 71 heavy (non-hydrogen) atoms. The average Bonchev–Trinajstić information content (AvgIpc) is 3.41. The molecular weight excluding hydrogens is 913 g/mol. The van der Waals surface area contributed by atoms with E-state index in [1.807, 2.05) is 0 Å². The van der Waals surface area contributed by atoms with E-state index in [1.165, 1.54) is 55.5 Å². The molecule has 0 amide bonds. The molecule has 7 rings (SSSR count). The van der Waals surface area contributed by atoms with E-state index in [2.05, 4.69) is 0 Å². The number of aliphatic hydroxyl groups excluding tert-OH is 1. The highest BCUT2D eigenvalue weighted by atomic mass is 16.7. The van der Waals surface area contributed by atoms with Crippen molar-refractivity contribution in [2.75, 3.05) is 13.2 Å². The molecule has 0 spiro atoms. The highest BCUT2D eigenvalue weighted by molar-refractivity contribution is 5.92. The molecule has 0 aromatic heterocycles. The molecule has 1 N–H and O–H groups in total. The predicted molar refractivity (Wildman–Crippen MR) is 255 cm³/mol. The Kier molecular flexibility index (Phi) is 18.0. The smallest absolute Gasteiger partial charge is 0.338 e. The van der Waals surface area contributed by atoms with E-state index in [-0.39, 0.29) is 46.4 Å². The Hall–Kier alpha value is -7.98. The van der Waals surface area contributed by atoms with Gasteiger partial charge in [-0.25, -0.2) is 28.8 Å². The van der Waals surface area contributed by atoms with Crippen LogP contribution in [0.4, 0.5) is 0 Å². The van der Waals surface area contributed by atoms with Gasteiger partial charge in [0, 0.05) is 12.3 Å². The number of carbonyl (C=O) groups excluding carboxylic acids is 6. The maximum atomic E-state index is 14.3. The van der Waals surface area contributed by atoms with Crippen LogP contribution in [0.15, 0.2) is 182 Å². The minimum atomic E-state index is -1.72. The van der Waals surface area contributed by atoms with Crippen molar-refractivity contribution >= 4 is 35.8 Å². The number of aliphatic hydroxyl groups is 1. The standard InChI is InChI=1S/C56H52O15/c1-36(34-64-50(57)38-21-9-3-10-22-38)47(69-53(60)41-27-15-6-16-28-41)49(71-55(62)43-31-19-8-20-32-43)48(70-54(61)42-29-17-7-18-30-42)37(2)66-44-33-45(67-52(59)40-25-13-5-14-26-40)56(63)68-46(44)35-65-51(58)39-23-11-4-12-24-39/h3-32,36-37,44-49,56,63H,33-35H2,1-2H3/t36-,37-,44+,45-,46-,47+,48+,49+,56-/m1/s1. The molecule has 0 unspecified atom stereocenters. The summed E-state index contributed by atoms with van der Waals surface area (Å²) in [5.41, 5.74) is 0.998. The zero-order chi connectivity index (χ0) is 50.1. The van der Waals surface area contributed by atoms with Crippen LogP contribution < -0.4 is 0 Å². The third-order valence-corrected chi connectivity index (χ3v) is 11.5. The van der Waals surface area contributed by atoms with Crippen LogP contribution in [0.2, 0.25) is 0 Å². The van der Waals surface area contributed by atoms with Gasteiger partial charge in [-0.3, -0.25) is 0 Å². The highest BCUT2D eigenvalue weighted by Crippen LogP contribution is 2.31. The molecule has 366 valence electrons. The second kappa shape index (κ2) is 25.0. The molecule has 15 nitrogen and oxygen atoms in total. The van der Waals surface area contributed by atoms with E-state index in [0.29, 0.717) is 0 Å². The van der Waals surface area contributed by atoms with Gasteiger partial charge in [-0.15, -0.1) is 0 Å². The summed E-state index contributed by atoms with van der Waals surface area (Å²) in [6, 6.07) is 48.4. The van der Waals surface area contributed by atoms with Crippen LogP contribution in [-0.2, 0) is 37.9 Å². The second-order valence-corrected chi connectivity index (χ2v) is 16.6.